The van der Waals surface area contributed by atoms with Gasteiger partial charge in [0.25, 0.3) is 0 Å². The highest BCUT2D eigenvalue weighted by Gasteiger charge is 2.26. The Morgan fingerprint density at radius 1 is 0.654 bits per heavy atom. The number of thioether (sulfide) groups is 1. The van der Waals surface area contributed by atoms with Gasteiger partial charge in [0.15, 0.2) is 0 Å². The van der Waals surface area contributed by atoms with Crippen LogP contribution in [0, 0.1) is 0 Å². The largest absolute Gasteiger partial charge is 0.240 e. The summed E-state index contributed by atoms with van der Waals surface area (Å²) in [6.45, 7) is 0. The molecule has 1 heterocycles. The molecule has 0 saturated carbocycles. The minimum absolute atomic E-state index is 0.253. The normalized spacial score (nSPS) is 16.2. The molecule has 0 radical (unpaired) electrons. The lowest BCUT2D eigenvalue weighted by atomic mass is 9.98. The molecule has 5 rings (SSSR count). The summed E-state index contributed by atoms with van der Waals surface area (Å²) in [6.07, 6.45) is 0. The van der Waals surface area contributed by atoms with E-state index in [1.54, 1.807) is 0 Å². The van der Waals surface area contributed by atoms with Crippen molar-refractivity contribution in [3.05, 3.63) is 114 Å². The number of hydrogen-bond donors (Lipinski definition) is 0. The van der Waals surface area contributed by atoms with Crippen molar-refractivity contribution in [2.24, 2.45) is 4.99 Å². The van der Waals surface area contributed by atoms with Crippen molar-refractivity contribution in [1.29, 1.82) is 0 Å². The van der Waals surface area contributed by atoms with E-state index in [4.69, 9.17) is 4.99 Å². The molecule has 2 heteroatoms. The smallest absolute Gasteiger partial charge is 0.105 e. The first-order valence-corrected chi connectivity index (χ1v) is 9.65. The van der Waals surface area contributed by atoms with Gasteiger partial charge in [0.05, 0.1) is 10.9 Å². The zero-order valence-corrected chi connectivity index (χ0v) is 15.0. The van der Waals surface area contributed by atoms with Crippen LogP contribution in [0.3, 0.4) is 0 Å². The first kappa shape index (κ1) is 15.4. The van der Waals surface area contributed by atoms with Crippen LogP contribution in [0.25, 0.3) is 10.8 Å². The lowest BCUT2D eigenvalue weighted by Crippen LogP contribution is -2.08. The minimum Gasteiger partial charge on any atom is -0.240 e. The van der Waals surface area contributed by atoms with Gasteiger partial charge in [-0.15, -0.1) is 0 Å². The third-order valence-corrected chi connectivity index (χ3v) is 6.09. The molecule has 0 amide bonds. The molecule has 1 aliphatic heterocycles. The first-order chi connectivity index (χ1) is 12.9. The molecule has 0 N–H and O–H groups in total. The van der Waals surface area contributed by atoms with Crippen molar-refractivity contribution in [1.82, 2.24) is 0 Å². The van der Waals surface area contributed by atoms with Crippen molar-refractivity contribution in [3.63, 3.8) is 0 Å². The molecule has 1 atom stereocenters. The molecule has 4 aromatic rings. The van der Waals surface area contributed by atoms with E-state index in [0.29, 0.717) is 0 Å². The molecule has 124 valence electrons. The van der Waals surface area contributed by atoms with Crippen molar-refractivity contribution in [2.75, 3.05) is 0 Å². The molecule has 0 aromatic heterocycles. The Morgan fingerprint density at radius 3 is 2.15 bits per heavy atom. The molecule has 1 unspecified atom stereocenters. The van der Waals surface area contributed by atoms with Gasteiger partial charge in [-0.1, -0.05) is 109 Å². The van der Waals surface area contributed by atoms with Gasteiger partial charge in [0, 0.05) is 10.9 Å². The van der Waals surface area contributed by atoms with Crippen molar-refractivity contribution < 1.29 is 0 Å². The van der Waals surface area contributed by atoms with Crippen LogP contribution in [0.4, 0.5) is 5.69 Å². The number of rotatable bonds is 2. The summed E-state index contributed by atoms with van der Waals surface area (Å²) in [5.74, 6) is 0. The van der Waals surface area contributed by atoms with E-state index < -0.39 is 0 Å². The minimum atomic E-state index is 0.253. The van der Waals surface area contributed by atoms with Gasteiger partial charge < -0.3 is 0 Å². The second-order valence-corrected chi connectivity index (χ2v) is 7.51. The fraction of sp³-hybridized carbons (Fsp3) is 0.0417. The summed E-state index contributed by atoms with van der Waals surface area (Å²) >= 11 is 1.84. The molecular formula is C24H17NS. The van der Waals surface area contributed by atoms with Gasteiger partial charge in [0.1, 0.15) is 5.04 Å². The number of aliphatic imine (C=N–C) groups is 1. The highest BCUT2D eigenvalue weighted by atomic mass is 32.2. The number of fused-ring (bicyclic) bond motifs is 3. The Balaban J connectivity index is 1.77. The summed E-state index contributed by atoms with van der Waals surface area (Å²) in [5.41, 5.74) is 4.89. The molecule has 0 bridgehead atoms. The zero-order chi connectivity index (χ0) is 17.3. The van der Waals surface area contributed by atoms with Crippen LogP contribution < -0.4 is 0 Å². The van der Waals surface area contributed by atoms with Crippen LogP contribution in [0.15, 0.2) is 102 Å². The number of hydrogen-bond acceptors (Lipinski definition) is 2. The molecule has 0 spiro atoms. The highest BCUT2D eigenvalue weighted by molar-refractivity contribution is 8.14. The Kier molecular flexibility index (Phi) is 3.84. The van der Waals surface area contributed by atoms with E-state index in [9.17, 15) is 0 Å². The standard InChI is InChI=1S/C24H17NS/c1-3-10-18(11-4-1)23-21-16-15-17-9-7-8-14-20(17)22(21)25-24(26-23)19-12-5-2-6-13-19/h1-16,23H. The van der Waals surface area contributed by atoms with Crippen LogP contribution in [0.2, 0.25) is 0 Å². The number of benzene rings is 4. The van der Waals surface area contributed by atoms with Gasteiger partial charge in [-0.2, -0.15) is 0 Å². The second kappa shape index (κ2) is 6.47. The van der Waals surface area contributed by atoms with E-state index in [1.165, 1.54) is 27.5 Å². The van der Waals surface area contributed by atoms with Crippen LogP contribution in [0.1, 0.15) is 21.9 Å². The van der Waals surface area contributed by atoms with Gasteiger partial charge in [0.2, 0.25) is 0 Å². The molecule has 26 heavy (non-hydrogen) atoms. The fourth-order valence-electron chi connectivity index (χ4n) is 3.50. The topological polar surface area (TPSA) is 12.4 Å². The van der Waals surface area contributed by atoms with Crippen LogP contribution in [-0.4, -0.2) is 5.04 Å². The second-order valence-electron chi connectivity index (χ2n) is 6.42. The Labute approximate surface area is 157 Å². The SMILES string of the molecule is c1ccc(C2=Nc3c(ccc4ccccc34)C(c3ccccc3)S2)cc1. The summed E-state index contributed by atoms with van der Waals surface area (Å²) < 4.78 is 0. The van der Waals surface area contributed by atoms with E-state index >= 15 is 0 Å². The van der Waals surface area contributed by atoms with Gasteiger partial charge in [-0.3, -0.25) is 0 Å². The summed E-state index contributed by atoms with van der Waals surface area (Å²) in [6, 6.07) is 34.2. The first-order valence-electron chi connectivity index (χ1n) is 8.77. The molecule has 0 saturated heterocycles. The highest BCUT2D eigenvalue weighted by Crippen LogP contribution is 2.48. The van der Waals surface area contributed by atoms with Gasteiger partial charge >= 0.3 is 0 Å². The molecule has 1 aliphatic rings. The quantitative estimate of drug-likeness (QED) is 0.389. The van der Waals surface area contributed by atoms with Crippen LogP contribution >= 0.6 is 11.8 Å². The third-order valence-electron chi connectivity index (χ3n) is 4.78. The third kappa shape index (κ3) is 2.63. The fourth-order valence-corrected chi connectivity index (χ4v) is 4.75. The zero-order valence-electron chi connectivity index (χ0n) is 14.2. The lowest BCUT2D eigenvalue weighted by molar-refractivity contribution is 1.15. The van der Waals surface area contributed by atoms with Crippen molar-refractivity contribution in [3.8, 4) is 0 Å². The predicted molar refractivity (Wildman–Crippen MR) is 112 cm³/mol. The van der Waals surface area contributed by atoms with Gasteiger partial charge in [-0.25, -0.2) is 4.99 Å². The summed E-state index contributed by atoms with van der Waals surface area (Å²) in [4.78, 5) is 5.10. The van der Waals surface area contributed by atoms with Crippen LogP contribution in [-0.2, 0) is 0 Å². The maximum atomic E-state index is 5.10. The average molecular weight is 351 g/mol. The Hall–Kier alpha value is -2.84. The van der Waals surface area contributed by atoms with Crippen LogP contribution in [0.5, 0.6) is 0 Å². The Morgan fingerprint density at radius 2 is 1.35 bits per heavy atom. The molecule has 4 aromatic carbocycles. The van der Waals surface area contributed by atoms with Gasteiger partial charge in [-0.05, 0) is 16.5 Å². The lowest BCUT2D eigenvalue weighted by Gasteiger charge is -2.26. The summed E-state index contributed by atoms with van der Waals surface area (Å²) in [5, 5.41) is 3.80. The average Bonchev–Trinajstić information content (AvgIpc) is 2.74. The molecule has 0 fully saturated rings. The molecular weight excluding hydrogens is 334 g/mol. The van der Waals surface area contributed by atoms with E-state index in [0.717, 1.165) is 10.7 Å². The van der Waals surface area contributed by atoms with E-state index in [2.05, 4.69) is 97.1 Å². The maximum absolute atomic E-state index is 5.10. The van der Waals surface area contributed by atoms with E-state index in [-0.39, 0.29) is 5.25 Å². The summed E-state index contributed by atoms with van der Waals surface area (Å²) in [7, 11) is 0. The monoisotopic (exact) mass is 351 g/mol. The predicted octanol–water partition coefficient (Wildman–Crippen LogP) is 6.75. The molecule has 1 nitrogen and oxygen atoms in total. The maximum Gasteiger partial charge on any atom is 0.105 e. The number of nitrogens with zero attached hydrogens (tertiary/aromatic N) is 1. The molecule has 0 aliphatic carbocycles. The van der Waals surface area contributed by atoms with Crippen molar-refractivity contribution >= 4 is 33.3 Å². The van der Waals surface area contributed by atoms with Crippen molar-refractivity contribution in [2.45, 2.75) is 5.25 Å². The van der Waals surface area contributed by atoms with E-state index in [1.807, 2.05) is 11.8 Å². The Bertz CT molecular complexity index is 1100.